The third-order valence-electron chi connectivity index (χ3n) is 4.40. The maximum absolute atomic E-state index is 12.6. The molecular weight excluding hydrogens is 300 g/mol. The molecule has 0 aliphatic carbocycles. The van der Waals surface area contributed by atoms with Gasteiger partial charge < -0.3 is 26.3 Å². The second kappa shape index (κ2) is 7.67. The van der Waals surface area contributed by atoms with Crippen LogP contribution in [0.2, 0.25) is 0 Å². The highest BCUT2D eigenvalue weighted by Crippen LogP contribution is 2.32. The molecule has 0 saturated carbocycles. The van der Waals surface area contributed by atoms with Gasteiger partial charge in [-0.3, -0.25) is 14.5 Å². The molecular formula is C15H28N4O4. The average Bonchev–Trinajstić information content (AvgIpc) is 3.14. The topological polar surface area (TPSA) is 120 Å². The number of nitrogens with zero attached hydrogens (tertiary/aromatic N) is 1. The largest absolute Gasteiger partial charge is 0.346 e. The van der Waals surface area contributed by atoms with E-state index in [1.54, 1.807) is 6.92 Å². The number of nitrogens with one attached hydrogen (secondary N) is 1. The molecule has 2 heterocycles. The zero-order valence-electron chi connectivity index (χ0n) is 13.9. The van der Waals surface area contributed by atoms with Crippen LogP contribution in [-0.2, 0) is 19.1 Å². The van der Waals surface area contributed by atoms with Gasteiger partial charge in [-0.2, -0.15) is 0 Å². The number of carbonyl (C=O) groups excluding carboxylic acids is 2. The minimum absolute atomic E-state index is 0.134. The van der Waals surface area contributed by atoms with Crippen molar-refractivity contribution in [2.75, 3.05) is 32.8 Å². The first-order chi connectivity index (χ1) is 10.9. The Morgan fingerprint density at radius 2 is 1.96 bits per heavy atom. The first kappa shape index (κ1) is 18.3. The molecule has 5 N–H and O–H groups in total. The van der Waals surface area contributed by atoms with Crippen molar-refractivity contribution in [1.82, 2.24) is 10.2 Å². The van der Waals surface area contributed by atoms with Crippen LogP contribution in [0.15, 0.2) is 0 Å². The summed E-state index contributed by atoms with van der Waals surface area (Å²) in [6, 6.07) is -1.46. The van der Waals surface area contributed by atoms with Gasteiger partial charge in [0.1, 0.15) is 0 Å². The first-order valence-corrected chi connectivity index (χ1v) is 8.26. The van der Waals surface area contributed by atoms with Crippen molar-refractivity contribution < 1.29 is 19.1 Å². The van der Waals surface area contributed by atoms with E-state index in [0.717, 1.165) is 6.42 Å². The molecule has 2 aliphatic heterocycles. The molecule has 2 fully saturated rings. The van der Waals surface area contributed by atoms with Gasteiger partial charge in [0.15, 0.2) is 5.79 Å². The van der Waals surface area contributed by atoms with E-state index in [0.29, 0.717) is 32.7 Å². The van der Waals surface area contributed by atoms with Gasteiger partial charge in [0.25, 0.3) is 0 Å². The molecule has 132 valence electrons. The minimum atomic E-state index is -0.761. The van der Waals surface area contributed by atoms with Crippen LogP contribution in [0.25, 0.3) is 0 Å². The Balaban J connectivity index is 2.14. The monoisotopic (exact) mass is 328 g/mol. The predicted molar refractivity (Wildman–Crippen MR) is 84.2 cm³/mol. The summed E-state index contributed by atoms with van der Waals surface area (Å²) in [5, 5.41) is 3.21. The zero-order chi connectivity index (χ0) is 17.0. The van der Waals surface area contributed by atoms with Gasteiger partial charge in [0.2, 0.25) is 11.8 Å². The lowest BCUT2D eigenvalue weighted by Crippen LogP contribution is -2.55. The van der Waals surface area contributed by atoms with E-state index in [1.807, 2.05) is 6.92 Å². The summed E-state index contributed by atoms with van der Waals surface area (Å²) in [5.74, 6) is -1.69. The third-order valence-corrected chi connectivity index (χ3v) is 4.40. The second-order valence-electron chi connectivity index (χ2n) is 6.31. The zero-order valence-corrected chi connectivity index (χ0v) is 13.9. The number of carbonyl (C=O) groups is 2. The first-order valence-electron chi connectivity index (χ1n) is 8.26. The number of hydrogen-bond donors (Lipinski definition) is 3. The van der Waals surface area contributed by atoms with Crippen LogP contribution in [0.5, 0.6) is 0 Å². The molecule has 2 amide bonds. The number of rotatable bonds is 6. The summed E-state index contributed by atoms with van der Waals surface area (Å²) < 4.78 is 11.5. The lowest BCUT2D eigenvalue weighted by atomic mass is 10.0. The van der Waals surface area contributed by atoms with Crippen molar-refractivity contribution in [3.63, 3.8) is 0 Å². The SMILES string of the molecule is CCC[C@H](N)C(=O)N(CC1CNCC12OCCO2)C(=O)[C@H](C)N. The summed E-state index contributed by atoms with van der Waals surface area (Å²) in [5.41, 5.74) is 11.6. The summed E-state index contributed by atoms with van der Waals surface area (Å²) >= 11 is 0. The molecule has 3 atom stereocenters. The van der Waals surface area contributed by atoms with Crippen LogP contribution >= 0.6 is 0 Å². The van der Waals surface area contributed by atoms with Crippen LogP contribution in [0.1, 0.15) is 26.7 Å². The van der Waals surface area contributed by atoms with Gasteiger partial charge in [0.05, 0.1) is 31.8 Å². The van der Waals surface area contributed by atoms with Gasteiger partial charge in [-0.05, 0) is 13.3 Å². The highest BCUT2D eigenvalue weighted by atomic mass is 16.7. The van der Waals surface area contributed by atoms with Crippen LogP contribution in [0.3, 0.4) is 0 Å². The molecule has 1 unspecified atom stereocenters. The van der Waals surface area contributed by atoms with Crippen molar-refractivity contribution in [3.8, 4) is 0 Å². The lowest BCUT2D eigenvalue weighted by molar-refractivity contribution is -0.177. The summed E-state index contributed by atoms with van der Waals surface area (Å²) in [6.45, 7) is 5.90. The maximum Gasteiger partial charge on any atom is 0.246 e. The van der Waals surface area contributed by atoms with E-state index < -0.39 is 23.8 Å². The highest BCUT2D eigenvalue weighted by molar-refractivity contribution is 5.99. The van der Waals surface area contributed by atoms with Gasteiger partial charge in [-0.1, -0.05) is 13.3 Å². The van der Waals surface area contributed by atoms with E-state index in [1.165, 1.54) is 4.90 Å². The minimum Gasteiger partial charge on any atom is -0.346 e. The Labute approximate surface area is 136 Å². The number of imide groups is 1. The van der Waals surface area contributed by atoms with Crippen LogP contribution in [0, 0.1) is 5.92 Å². The molecule has 2 saturated heterocycles. The molecule has 1 spiro atoms. The fourth-order valence-electron chi connectivity index (χ4n) is 3.12. The predicted octanol–water partition coefficient (Wildman–Crippen LogP) is -1.22. The molecule has 0 radical (unpaired) electrons. The van der Waals surface area contributed by atoms with E-state index in [2.05, 4.69) is 5.32 Å². The summed E-state index contributed by atoms with van der Waals surface area (Å²) in [7, 11) is 0. The smallest absolute Gasteiger partial charge is 0.246 e. The Bertz CT molecular complexity index is 432. The molecule has 2 aliphatic rings. The van der Waals surface area contributed by atoms with Crippen molar-refractivity contribution in [1.29, 1.82) is 0 Å². The summed E-state index contributed by atoms with van der Waals surface area (Å²) in [6.07, 6.45) is 1.30. The second-order valence-corrected chi connectivity index (χ2v) is 6.31. The van der Waals surface area contributed by atoms with Gasteiger partial charge in [0, 0.05) is 19.0 Å². The average molecular weight is 328 g/mol. The normalized spacial score (nSPS) is 25.5. The van der Waals surface area contributed by atoms with Crippen LogP contribution in [-0.4, -0.2) is 67.4 Å². The van der Waals surface area contributed by atoms with Crippen molar-refractivity contribution >= 4 is 11.8 Å². The molecule has 2 rings (SSSR count). The van der Waals surface area contributed by atoms with Crippen LogP contribution in [0.4, 0.5) is 0 Å². The van der Waals surface area contributed by atoms with Gasteiger partial charge >= 0.3 is 0 Å². The number of hydrogen-bond acceptors (Lipinski definition) is 7. The van der Waals surface area contributed by atoms with Crippen molar-refractivity contribution in [2.24, 2.45) is 17.4 Å². The molecule has 23 heavy (non-hydrogen) atoms. The standard InChI is InChI=1S/C15H28N4O4/c1-3-4-12(17)14(21)19(13(20)10(2)16)8-11-7-18-9-15(11)22-5-6-23-15/h10-12,18H,3-9,16-17H2,1-2H3/t10-,11?,12-/m0/s1. The van der Waals surface area contributed by atoms with Gasteiger partial charge in [-0.15, -0.1) is 0 Å². The Hall–Kier alpha value is -1.06. The number of ether oxygens (including phenoxy) is 2. The fourth-order valence-corrected chi connectivity index (χ4v) is 3.12. The Morgan fingerprint density at radius 1 is 1.30 bits per heavy atom. The van der Waals surface area contributed by atoms with Crippen molar-refractivity contribution in [2.45, 2.75) is 44.6 Å². The molecule has 0 bridgehead atoms. The van der Waals surface area contributed by atoms with Gasteiger partial charge in [-0.25, -0.2) is 0 Å². The molecule has 8 nitrogen and oxygen atoms in total. The summed E-state index contributed by atoms with van der Waals surface area (Å²) in [4.78, 5) is 26.2. The highest BCUT2D eigenvalue weighted by Gasteiger charge is 2.49. The molecule has 0 aromatic heterocycles. The Morgan fingerprint density at radius 3 is 2.52 bits per heavy atom. The maximum atomic E-state index is 12.6. The van der Waals surface area contributed by atoms with Crippen molar-refractivity contribution in [3.05, 3.63) is 0 Å². The van der Waals surface area contributed by atoms with E-state index >= 15 is 0 Å². The molecule has 8 heteroatoms. The molecule has 0 aromatic rings. The fraction of sp³-hybridized carbons (Fsp3) is 0.867. The third kappa shape index (κ3) is 3.89. The quantitative estimate of drug-likeness (QED) is 0.559. The van der Waals surface area contributed by atoms with E-state index in [9.17, 15) is 9.59 Å². The molecule has 0 aromatic carbocycles. The lowest BCUT2D eigenvalue weighted by Gasteiger charge is -2.33. The van der Waals surface area contributed by atoms with Crippen LogP contribution < -0.4 is 16.8 Å². The Kier molecular flexibility index (Phi) is 6.10. The number of nitrogens with two attached hydrogens (primary N) is 2. The number of amides is 2. The van der Waals surface area contributed by atoms with E-state index in [-0.39, 0.29) is 18.4 Å². The van der Waals surface area contributed by atoms with E-state index in [4.69, 9.17) is 20.9 Å².